The van der Waals surface area contributed by atoms with Gasteiger partial charge >= 0.3 is 5.97 Å². The third kappa shape index (κ3) is 3.48. The van der Waals surface area contributed by atoms with Crippen LogP contribution in [-0.4, -0.2) is 21.5 Å². The number of anilines is 1. The second-order valence-corrected chi connectivity index (χ2v) is 6.61. The summed E-state index contributed by atoms with van der Waals surface area (Å²) in [6.07, 6.45) is 0. The lowest BCUT2D eigenvalue weighted by Gasteiger charge is -2.09. The van der Waals surface area contributed by atoms with Crippen LogP contribution >= 0.6 is 0 Å². The molecule has 1 aromatic carbocycles. The number of methoxy groups -OCH3 is 1. The van der Waals surface area contributed by atoms with Gasteiger partial charge in [0.15, 0.2) is 0 Å². The molecule has 0 saturated heterocycles. The zero-order valence-corrected chi connectivity index (χ0v) is 13.3. The number of esters is 1. The van der Waals surface area contributed by atoms with Gasteiger partial charge in [-0.2, -0.15) is 8.42 Å². The van der Waals surface area contributed by atoms with Gasteiger partial charge in [-0.05, 0) is 35.7 Å². The number of hydrogen-bond donors (Lipinski definition) is 1. The van der Waals surface area contributed by atoms with E-state index in [9.17, 15) is 13.2 Å². The monoisotopic (exact) mass is 323 g/mol. The molecule has 118 valence electrons. The highest BCUT2D eigenvalue weighted by Crippen LogP contribution is 2.22. The van der Waals surface area contributed by atoms with Crippen LogP contribution in [0, 0.1) is 0 Å². The molecular formula is C15H17NO5S. The van der Waals surface area contributed by atoms with Crippen LogP contribution in [0.4, 0.5) is 5.69 Å². The van der Waals surface area contributed by atoms with Gasteiger partial charge in [0.25, 0.3) is 10.0 Å². The number of benzene rings is 1. The molecule has 1 heterocycles. The molecule has 7 heteroatoms. The highest BCUT2D eigenvalue weighted by Gasteiger charge is 2.21. The zero-order chi connectivity index (χ0) is 16.3. The highest BCUT2D eigenvalue weighted by atomic mass is 32.2. The van der Waals surface area contributed by atoms with E-state index in [0.29, 0.717) is 5.69 Å². The van der Waals surface area contributed by atoms with E-state index in [1.807, 2.05) is 19.9 Å². The van der Waals surface area contributed by atoms with Gasteiger partial charge in [0.1, 0.15) is 0 Å². The van der Waals surface area contributed by atoms with Crippen molar-refractivity contribution in [1.82, 2.24) is 0 Å². The molecule has 0 aliphatic rings. The molecule has 0 fully saturated rings. The van der Waals surface area contributed by atoms with Crippen molar-refractivity contribution in [3.8, 4) is 0 Å². The molecule has 2 aromatic rings. The second kappa shape index (κ2) is 6.23. The average Bonchev–Trinajstić information content (AvgIpc) is 2.97. The van der Waals surface area contributed by atoms with Gasteiger partial charge in [-0.3, -0.25) is 4.72 Å². The molecule has 0 amide bonds. The Morgan fingerprint density at radius 1 is 1.23 bits per heavy atom. The summed E-state index contributed by atoms with van der Waals surface area (Å²) in [5.41, 5.74) is 1.44. The van der Waals surface area contributed by atoms with Crippen LogP contribution in [-0.2, 0) is 14.8 Å². The number of hydrogen-bond acceptors (Lipinski definition) is 5. The first-order valence-electron chi connectivity index (χ1n) is 6.64. The number of ether oxygens (including phenoxy) is 1. The number of sulfonamides is 1. The van der Waals surface area contributed by atoms with Gasteiger partial charge in [-0.1, -0.05) is 26.0 Å². The minimum Gasteiger partial charge on any atom is -0.463 e. The van der Waals surface area contributed by atoms with E-state index in [1.54, 1.807) is 18.2 Å². The predicted molar refractivity (Wildman–Crippen MR) is 81.4 cm³/mol. The van der Waals surface area contributed by atoms with E-state index in [1.165, 1.54) is 19.2 Å². The summed E-state index contributed by atoms with van der Waals surface area (Å²) in [7, 11) is -2.71. The lowest BCUT2D eigenvalue weighted by Crippen LogP contribution is -2.12. The van der Waals surface area contributed by atoms with Crippen LogP contribution in [0.2, 0.25) is 0 Å². The fourth-order valence-electron chi connectivity index (χ4n) is 1.84. The maximum atomic E-state index is 12.3. The minimum absolute atomic E-state index is 0.168. The fraction of sp³-hybridized carbons (Fsp3) is 0.267. The summed E-state index contributed by atoms with van der Waals surface area (Å²) in [5, 5.41) is -0.345. The summed E-state index contributed by atoms with van der Waals surface area (Å²) in [4.78, 5) is 11.3. The molecule has 0 spiro atoms. The van der Waals surface area contributed by atoms with E-state index >= 15 is 0 Å². The van der Waals surface area contributed by atoms with Crippen LogP contribution in [0.1, 0.15) is 35.9 Å². The molecule has 0 aliphatic heterocycles. The van der Waals surface area contributed by atoms with Crippen molar-refractivity contribution in [2.45, 2.75) is 24.9 Å². The van der Waals surface area contributed by atoms with Gasteiger partial charge in [-0.15, -0.1) is 0 Å². The zero-order valence-electron chi connectivity index (χ0n) is 12.5. The van der Waals surface area contributed by atoms with Crippen molar-refractivity contribution in [3.63, 3.8) is 0 Å². The van der Waals surface area contributed by atoms with Gasteiger partial charge < -0.3 is 9.15 Å². The lowest BCUT2D eigenvalue weighted by atomic mass is 10.0. The first kappa shape index (κ1) is 16.1. The topological polar surface area (TPSA) is 85.6 Å². The van der Waals surface area contributed by atoms with Gasteiger partial charge in [0.2, 0.25) is 10.9 Å². The van der Waals surface area contributed by atoms with Crippen LogP contribution in [0.25, 0.3) is 0 Å². The Bertz CT molecular complexity index is 777. The Labute approximate surface area is 129 Å². The molecule has 6 nitrogen and oxygen atoms in total. The normalized spacial score (nSPS) is 11.5. The molecule has 0 radical (unpaired) electrons. The first-order chi connectivity index (χ1) is 10.3. The second-order valence-electron chi connectivity index (χ2n) is 5.00. The average molecular weight is 323 g/mol. The molecule has 1 N–H and O–H groups in total. The largest absolute Gasteiger partial charge is 0.463 e. The Balaban J connectivity index is 2.26. The van der Waals surface area contributed by atoms with Crippen molar-refractivity contribution in [2.24, 2.45) is 0 Å². The van der Waals surface area contributed by atoms with Crippen LogP contribution < -0.4 is 4.72 Å². The SMILES string of the molecule is COC(=O)c1ccc(S(=O)(=O)Nc2cccc(C(C)C)c2)o1. The minimum atomic E-state index is -3.90. The Morgan fingerprint density at radius 2 is 1.95 bits per heavy atom. The van der Waals surface area contributed by atoms with Crippen molar-refractivity contribution in [3.05, 3.63) is 47.7 Å². The van der Waals surface area contributed by atoms with Crippen LogP contribution in [0.3, 0.4) is 0 Å². The number of rotatable bonds is 5. The molecule has 22 heavy (non-hydrogen) atoms. The summed E-state index contributed by atoms with van der Waals surface area (Å²) in [6, 6.07) is 9.56. The van der Waals surface area contributed by atoms with Crippen LogP contribution in [0.5, 0.6) is 0 Å². The van der Waals surface area contributed by atoms with E-state index in [2.05, 4.69) is 9.46 Å². The molecule has 2 rings (SSSR count). The number of furan rings is 1. The predicted octanol–water partition coefficient (Wildman–Crippen LogP) is 2.99. The Morgan fingerprint density at radius 3 is 2.59 bits per heavy atom. The molecule has 0 unspecified atom stereocenters. The summed E-state index contributed by atoms with van der Waals surface area (Å²) < 4.78 is 36.4. The van der Waals surface area contributed by atoms with E-state index < -0.39 is 16.0 Å². The molecule has 1 aromatic heterocycles. The standard InChI is InChI=1S/C15H17NO5S/c1-10(2)11-5-4-6-12(9-11)16-22(18,19)14-8-7-13(21-14)15(17)20-3/h4-10,16H,1-3H3. The maximum absolute atomic E-state index is 12.3. The highest BCUT2D eigenvalue weighted by molar-refractivity contribution is 7.92. The molecular weight excluding hydrogens is 306 g/mol. The summed E-state index contributed by atoms with van der Waals surface area (Å²) in [5.74, 6) is -0.624. The third-order valence-electron chi connectivity index (χ3n) is 3.04. The van der Waals surface area contributed by atoms with Crippen LogP contribution in [0.15, 0.2) is 45.9 Å². The molecule has 0 saturated carbocycles. The fourth-order valence-corrected chi connectivity index (χ4v) is 2.83. The Kier molecular flexibility index (Phi) is 4.56. The Hall–Kier alpha value is -2.28. The van der Waals surface area contributed by atoms with Gasteiger partial charge in [-0.25, -0.2) is 4.79 Å². The quantitative estimate of drug-likeness (QED) is 0.855. The smallest absolute Gasteiger partial charge is 0.374 e. The van der Waals surface area contributed by atoms with Gasteiger partial charge in [0, 0.05) is 5.69 Å². The van der Waals surface area contributed by atoms with Crippen molar-refractivity contribution >= 4 is 21.7 Å². The molecule has 0 aliphatic carbocycles. The van der Waals surface area contributed by atoms with E-state index in [-0.39, 0.29) is 16.8 Å². The van der Waals surface area contributed by atoms with E-state index in [0.717, 1.165) is 5.56 Å². The maximum Gasteiger partial charge on any atom is 0.374 e. The van der Waals surface area contributed by atoms with E-state index in [4.69, 9.17) is 4.42 Å². The van der Waals surface area contributed by atoms with Crippen molar-refractivity contribution in [1.29, 1.82) is 0 Å². The number of carbonyl (C=O) groups excluding carboxylic acids is 1. The third-order valence-corrected chi connectivity index (χ3v) is 4.29. The van der Waals surface area contributed by atoms with Crippen molar-refractivity contribution in [2.75, 3.05) is 11.8 Å². The molecule has 0 bridgehead atoms. The molecule has 0 atom stereocenters. The first-order valence-corrected chi connectivity index (χ1v) is 8.12. The lowest BCUT2D eigenvalue weighted by molar-refractivity contribution is 0.0559. The van der Waals surface area contributed by atoms with Gasteiger partial charge in [0.05, 0.1) is 7.11 Å². The summed E-state index contributed by atoms with van der Waals surface area (Å²) >= 11 is 0. The number of carbonyl (C=O) groups is 1. The van der Waals surface area contributed by atoms with Crippen molar-refractivity contribution < 1.29 is 22.4 Å². The summed E-state index contributed by atoms with van der Waals surface area (Å²) in [6.45, 7) is 4.03. The number of nitrogens with one attached hydrogen (secondary N) is 1.